The maximum absolute atomic E-state index is 11.9. The van der Waals surface area contributed by atoms with E-state index >= 15 is 0 Å². The van der Waals surface area contributed by atoms with Gasteiger partial charge in [-0.15, -0.1) is 11.3 Å². The minimum Gasteiger partial charge on any atom is -0.335 e. The molecule has 0 saturated heterocycles. The van der Waals surface area contributed by atoms with Gasteiger partial charge in [-0.05, 0) is 25.9 Å². The first-order valence-electron chi connectivity index (χ1n) is 8.41. The Morgan fingerprint density at radius 2 is 2.05 bits per heavy atom. The van der Waals surface area contributed by atoms with Gasteiger partial charge in [0.2, 0.25) is 0 Å². The van der Waals surface area contributed by atoms with E-state index < -0.39 is 0 Å². The fourth-order valence-electron chi connectivity index (χ4n) is 2.82. The smallest absolute Gasteiger partial charge is 0.315 e. The Labute approximate surface area is 137 Å². The van der Waals surface area contributed by atoms with Crippen LogP contribution in [-0.4, -0.2) is 35.0 Å². The molecule has 1 aromatic heterocycles. The molecule has 0 aromatic carbocycles. The Morgan fingerprint density at radius 3 is 2.73 bits per heavy atom. The number of nitrogens with one attached hydrogen (secondary N) is 2. The van der Waals surface area contributed by atoms with Crippen LogP contribution in [0.3, 0.4) is 0 Å². The number of aromatic nitrogens is 1. The summed E-state index contributed by atoms with van der Waals surface area (Å²) in [7, 11) is 0. The van der Waals surface area contributed by atoms with Gasteiger partial charge in [0.05, 0.1) is 12.2 Å². The predicted molar refractivity (Wildman–Crippen MR) is 91.0 cm³/mol. The molecule has 22 heavy (non-hydrogen) atoms. The molecule has 1 heterocycles. The summed E-state index contributed by atoms with van der Waals surface area (Å²) in [5.74, 6) is 0. The van der Waals surface area contributed by atoms with Gasteiger partial charge in [0.15, 0.2) is 0 Å². The number of carbonyl (C=O) groups excluding carboxylic acids is 1. The molecule has 0 aliphatic heterocycles. The topological polar surface area (TPSA) is 57.3 Å². The minimum absolute atomic E-state index is 0.0626. The van der Waals surface area contributed by atoms with E-state index in [9.17, 15) is 4.79 Å². The first-order valence-corrected chi connectivity index (χ1v) is 9.29. The van der Waals surface area contributed by atoms with Crippen molar-refractivity contribution in [1.29, 1.82) is 0 Å². The molecule has 2 amide bonds. The van der Waals surface area contributed by atoms with E-state index in [0.29, 0.717) is 12.6 Å². The molecule has 0 atom stereocenters. The normalized spacial score (nSPS) is 16.0. The van der Waals surface area contributed by atoms with Gasteiger partial charge in [-0.25, -0.2) is 9.78 Å². The number of urea groups is 1. The first-order chi connectivity index (χ1) is 10.7. The third-order valence-electron chi connectivity index (χ3n) is 4.22. The number of rotatable bonds is 7. The van der Waals surface area contributed by atoms with E-state index in [1.165, 1.54) is 19.3 Å². The molecular weight excluding hydrogens is 296 g/mol. The average molecular weight is 324 g/mol. The number of nitrogens with zero attached hydrogens (tertiary/aromatic N) is 2. The molecule has 1 aliphatic rings. The van der Waals surface area contributed by atoms with Gasteiger partial charge < -0.3 is 10.6 Å². The van der Waals surface area contributed by atoms with Crippen molar-refractivity contribution in [2.24, 2.45) is 0 Å². The van der Waals surface area contributed by atoms with Crippen LogP contribution in [0.25, 0.3) is 0 Å². The molecule has 1 fully saturated rings. The van der Waals surface area contributed by atoms with E-state index in [1.807, 2.05) is 0 Å². The molecule has 6 heteroatoms. The van der Waals surface area contributed by atoms with Crippen molar-refractivity contribution in [2.75, 3.05) is 13.1 Å². The van der Waals surface area contributed by atoms with Crippen LogP contribution in [0.15, 0.2) is 5.38 Å². The summed E-state index contributed by atoms with van der Waals surface area (Å²) in [6.45, 7) is 7.79. The van der Waals surface area contributed by atoms with Crippen LogP contribution in [0.4, 0.5) is 4.79 Å². The summed E-state index contributed by atoms with van der Waals surface area (Å²) in [6.07, 6.45) is 5.98. The third-order valence-corrected chi connectivity index (χ3v) is 5.12. The van der Waals surface area contributed by atoms with Crippen LogP contribution in [0, 0.1) is 0 Å². The van der Waals surface area contributed by atoms with Crippen molar-refractivity contribution in [2.45, 2.75) is 65.1 Å². The predicted octanol–water partition coefficient (Wildman–Crippen LogP) is 3.12. The molecule has 0 bridgehead atoms. The molecule has 0 radical (unpaired) electrons. The van der Waals surface area contributed by atoms with Gasteiger partial charge >= 0.3 is 6.03 Å². The van der Waals surface area contributed by atoms with Gasteiger partial charge in [-0.3, -0.25) is 4.90 Å². The van der Waals surface area contributed by atoms with Crippen molar-refractivity contribution >= 4 is 17.4 Å². The van der Waals surface area contributed by atoms with E-state index in [0.717, 1.165) is 43.2 Å². The zero-order valence-corrected chi connectivity index (χ0v) is 14.5. The van der Waals surface area contributed by atoms with Crippen LogP contribution in [0.5, 0.6) is 0 Å². The summed E-state index contributed by atoms with van der Waals surface area (Å²) in [5, 5.41) is 9.05. The monoisotopic (exact) mass is 324 g/mol. The lowest BCUT2D eigenvalue weighted by molar-refractivity contribution is 0.232. The molecular formula is C16H28N4OS. The Kier molecular flexibility index (Phi) is 7.12. The summed E-state index contributed by atoms with van der Waals surface area (Å²) in [6, 6.07) is 0.288. The molecule has 0 unspecified atom stereocenters. The number of hydrogen-bond acceptors (Lipinski definition) is 4. The summed E-state index contributed by atoms with van der Waals surface area (Å²) >= 11 is 1.62. The van der Waals surface area contributed by atoms with Crippen LogP contribution in [0.2, 0.25) is 0 Å². The van der Waals surface area contributed by atoms with Gasteiger partial charge in [0.1, 0.15) is 5.01 Å². The van der Waals surface area contributed by atoms with Crippen molar-refractivity contribution in [3.63, 3.8) is 0 Å². The molecule has 2 rings (SSSR count). The molecule has 1 saturated carbocycles. The molecule has 2 N–H and O–H groups in total. The molecule has 1 aromatic rings. The van der Waals surface area contributed by atoms with E-state index in [4.69, 9.17) is 0 Å². The molecule has 124 valence electrons. The summed E-state index contributed by atoms with van der Waals surface area (Å²) in [5.41, 5.74) is 1.10. The fourth-order valence-corrected chi connectivity index (χ4v) is 3.54. The van der Waals surface area contributed by atoms with Gasteiger partial charge in [0.25, 0.3) is 0 Å². The van der Waals surface area contributed by atoms with Gasteiger partial charge in [-0.2, -0.15) is 0 Å². The van der Waals surface area contributed by atoms with Crippen LogP contribution < -0.4 is 10.6 Å². The van der Waals surface area contributed by atoms with E-state index in [-0.39, 0.29) is 6.03 Å². The average Bonchev–Trinajstić information content (AvgIpc) is 2.99. The summed E-state index contributed by atoms with van der Waals surface area (Å²) < 4.78 is 0. The quantitative estimate of drug-likeness (QED) is 0.810. The SMILES string of the molecule is CCN(CC)Cc1csc(CNC(=O)NC2CCCCC2)n1. The lowest BCUT2D eigenvalue weighted by Crippen LogP contribution is -2.42. The lowest BCUT2D eigenvalue weighted by atomic mass is 9.96. The standard InChI is InChI=1S/C16H28N4OS/c1-3-20(4-2)11-14-12-22-15(18-14)10-17-16(21)19-13-8-6-5-7-9-13/h12-13H,3-11H2,1-2H3,(H2,17,19,21). The highest BCUT2D eigenvalue weighted by Gasteiger charge is 2.15. The highest BCUT2D eigenvalue weighted by Crippen LogP contribution is 2.17. The second kappa shape index (κ2) is 9.10. The molecule has 0 spiro atoms. The Hall–Kier alpha value is -1.14. The Bertz CT molecular complexity index is 453. The number of hydrogen-bond donors (Lipinski definition) is 2. The maximum Gasteiger partial charge on any atom is 0.315 e. The first kappa shape index (κ1) is 17.2. The highest BCUT2D eigenvalue weighted by atomic mass is 32.1. The van der Waals surface area contributed by atoms with Gasteiger partial charge in [-0.1, -0.05) is 33.1 Å². The summed E-state index contributed by atoms with van der Waals surface area (Å²) in [4.78, 5) is 18.8. The van der Waals surface area contributed by atoms with Crippen LogP contribution in [-0.2, 0) is 13.1 Å². The lowest BCUT2D eigenvalue weighted by Gasteiger charge is -2.22. The van der Waals surface area contributed by atoms with Crippen LogP contribution >= 0.6 is 11.3 Å². The zero-order valence-electron chi connectivity index (χ0n) is 13.7. The Morgan fingerprint density at radius 1 is 1.32 bits per heavy atom. The second-order valence-corrected chi connectivity index (χ2v) is 6.80. The van der Waals surface area contributed by atoms with Crippen LogP contribution in [0.1, 0.15) is 56.7 Å². The molecule has 1 aliphatic carbocycles. The van der Waals surface area contributed by atoms with E-state index in [1.54, 1.807) is 11.3 Å². The largest absolute Gasteiger partial charge is 0.335 e. The number of amides is 2. The minimum atomic E-state index is -0.0626. The fraction of sp³-hybridized carbons (Fsp3) is 0.750. The number of carbonyl (C=O) groups is 1. The highest BCUT2D eigenvalue weighted by molar-refractivity contribution is 7.09. The zero-order chi connectivity index (χ0) is 15.8. The van der Waals surface area contributed by atoms with Crippen molar-refractivity contribution in [3.8, 4) is 0 Å². The number of thiazole rings is 1. The third kappa shape index (κ3) is 5.57. The van der Waals surface area contributed by atoms with Crippen molar-refractivity contribution in [1.82, 2.24) is 20.5 Å². The van der Waals surface area contributed by atoms with Gasteiger partial charge in [0, 0.05) is 18.0 Å². The maximum atomic E-state index is 11.9. The van der Waals surface area contributed by atoms with Crippen molar-refractivity contribution in [3.05, 3.63) is 16.1 Å². The Balaban J connectivity index is 1.72. The van der Waals surface area contributed by atoms with Crippen molar-refractivity contribution < 1.29 is 4.79 Å². The molecule has 5 nitrogen and oxygen atoms in total. The van der Waals surface area contributed by atoms with E-state index in [2.05, 4.69) is 39.7 Å². The second-order valence-electron chi connectivity index (χ2n) is 5.86.